The van der Waals surface area contributed by atoms with Gasteiger partial charge < -0.3 is 19.7 Å². The number of aromatic carboxylic acids is 1. The molecular formula is C28H33N5O3. The van der Waals surface area contributed by atoms with E-state index in [1.54, 1.807) is 13.2 Å². The van der Waals surface area contributed by atoms with Crippen LogP contribution in [0.4, 0.5) is 17.4 Å². The molecule has 36 heavy (non-hydrogen) atoms. The van der Waals surface area contributed by atoms with Crippen LogP contribution in [0.2, 0.25) is 0 Å². The Hall–Kier alpha value is -3.81. The summed E-state index contributed by atoms with van der Waals surface area (Å²) >= 11 is 0. The molecule has 2 N–H and O–H groups in total. The van der Waals surface area contributed by atoms with E-state index >= 15 is 0 Å². The molecule has 0 amide bonds. The van der Waals surface area contributed by atoms with Gasteiger partial charge in [-0.2, -0.15) is 10.1 Å². The second-order valence-electron chi connectivity index (χ2n) is 10.1. The SMILES string of the molecule is CC(C)CN(c1ccc(-c2cn(C)nc2C(=O)O)cc1Nc1nc2ccccc2o1)C1CCCCC1. The third kappa shape index (κ3) is 4.94. The van der Waals surface area contributed by atoms with E-state index in [2.05, 4.69) is 40.2 Å². The van der Waals surface area contributed by atoms with Gasteiger partial charge in [-0.25, -0.2) is 4.79 Å². The Morgan fingerprint density at radius 1 is 1.19 bits per heavy atom. The first-order valence-electron chi connectivity index (χ1n) is 12.7. The zero-order valence-corrected chi connectivity index (χ0v) is 21.1. The molecule has 0 spiro atoms. The number of anilines is 3. The van der Waals surface area contributed by atoms with Crippen LogP contribution in [-0.4, -0.2) is 38.4 Å². The summed E-state index contributed by atoms with van der Waals surface area (Å²) in [7, 11) is 1.73. The molecule has 1 aliphatic rings. The van der Waals surface area contributed by atoms with Gasteiger partial charge in [-0.15, -0.1) is 0 Å². The Morgan fingerprint density at radius 3 is 2.69 bits per heavy atom. The molecule has 0 atom stereocenters. The minimum Gasteiger partial charge on any atom is -0.476 e. The molecule has 188 valence electrons. The number of aromatic nitrogens is 3. The Kier molecular flexibility index (Phi) is 6.67. The topological polar surface area (TPSA) is 96.4 Å². The van der Waals surface area contributed by atoms with Gasteiger partial charge in [-0.1, -0.05) is 51.3 Å². The standard InChI is InChI=1S/C28H33N5O3/c1-18(2)16-33(20-9-5-4-6-10-20)24-14-13-19(21-17-32(3)31-26(21)27(34)35)15-23(24)30-28-29-22-11-7-8-12-25(22)36-28/h7-8,11-15,17-18,20H,4-6,9-10,16H2,1-3H3,(H,29,30)(H,34,35). The number of carbonyl (C=O) groups is 1. The van der Waals surface area contributed by atoms with Crippen molar-refractivity contribution in [2.24, 2.45) is 13.0 Å². The molecule has 0 unspecified atom stereocenters. The summed E-state index contributed by atoms with van der Waals surface area (Å²) in [5.41, 5.74) is 4.78. The minimum absolute atomic E-state index is 0.0318. The molecule has 4 aromatic rings. The zero-order valence-electron chi connectivity index (χ0n) is 21.1. The van der Waals surface area contributed by atoms with Crippen molar-refractivity contribution < 1.29 is 14.3 Å². The number of benzene rings is 2. The van der Waals surface area contributed by atoms with E-state index in [1.165, 1.54) is 36.8 Å². The molecule has 0 aliphatic heterocycles. The Morgan fingerprint density at radius 2 is 1.97 bits per heavy atom. The second-order valence-corrected chi connectivity index (χ2v) is 10.1. The molecule has 8 nitrogen and oxygen atoms in total. The number of rotatable bonds is 8. The molecular weight excluding hydrogens is 454 g/mol. The summed E-state index contributed by atoms with van der Waals surface area (Å²) < 4.78 is 7.53. The molecule has 1 saturated carbocycles. The lowest BCUT2D eigenvalue weighted by Gasteiger charge is -2.38. The smallest absolute Gasteiger partial charge is 0.357 e. The molecule has 1 fully saturated rings. The van der Waals surface area contributed by atoms with Crippen LogP contribution in [0.1, 0.15) is 56.4 Å². The number of carboxylic acid groups (broad SMARTS) is 1. The summed E-state index contributed by atoms with van der Waals surface area (Å²) in [6, 6.07) is 14.6. The number of hydrogen-bond donors (Lipinski definition) is 2. The van der Waals surface area contributed by atoms with Gasteiger partial charge in [0, 0.05) is 31.4 Å². The van der Waals surface area contributed by atoms with Crippen LogP contribution in [0, 0.1) is 5.92 Å². The molecule has 8 heteroatoms. The Balaban J connectivity index is 1.61. The van der Waals surface area contributed by atoms with Crippen molar-refractivity contribution in [3.63, 3.8) is 0 Å². The Labute approximate surface area is 210 Å². The lowest BCUT2D eigenvalue weighted by molar-refractivity contribution is 0.0690. The number of carboxylic acids is 1. The highest BCUT2D eigenvalue weighted by Crippen LogP contribution is 2.38. The van der Waals surface area contributed by atoms with E-state index in [-0.39, 0.29) is 5.69 Å². The van der Waals surface area contributed by atoms with E-state index in [4.69, 9.17) is 4.42 Å². The quantitative estimate of drug-likeness (QED) is 0.294. The fraction of sp³-hybridized carbons (Fsp3) is 0.393. The van der Waals surface area contributed by atoms with Crippen LogP contribution >= 0.6 is 0 Å². The first-order valence-corrected chi connectivity index (χ1v) is 12.7. The first kappa shape index (κ1) is 23.9. The fourth-order valence-electron chi connectivity index (χ4n) is 5.18. The summed E-state index contributed by atoms with van der Waals surface area (Å²) in [6.45, 7) is 5.42. The number of aryl methyl sites for hydroxylation is 1. The van der Waals surface area contributed by atoms with Crippen LogP contribution in [-0.2, 0) is 7.05 Å². The van der Waals surface area contributed by atoms with E-state index in [0.717, 1.165) is 29.0 Å². The minimum atomic E-state index is -1.05. The molecule has 5 rings (SSSR count). The predicted molar refractivity (Wildman–Crippen MR) is 142 cm³/mol. The van der Waals surface area contributed by atoms with Crippen molar-refractivity contribution in [2.75, 3.05) is 16.8 Å². The monoisotopic (exact) mass is 487 g/mol. The van der Waals surface area contributed by atoms with Crippen LogP contribution < -0.4 is 10.2 Å². The van der Waals surface area contributed by atoms with Crippen LogP contribution in [0.3, 0.4) is 0 Å². The van der Waals surface area contributed by atoms with Crippen LogP contribution in [0.25, 0.3) is 22.2 Å². The van der Waals surface area contributed by atoms with Crippen molar-refractivity contribution in [3.05, 3.63) is 54.4 Å². The van der Waals surface area contributed by atoms with E-state index < -0.39 is 5.97 Å². The third-order valence-electron chi connectivity index (χ3n) is 6.76. The summed E-state index contributed by atoms with van der Waals surface area (Å²) in [4.78, 5) is 19.0. The number of fused-ring (bicyclic) bond motifs is 1. The summed E-state index contributed by atoms with van der Waals surface area (Å²) in [6.07, 6.45) is 7.85. The van der Waals surface area contributed by atoms with Gasteiger partial charge in [0.1, 0.15) is 5.52 Å². The number of nitrogens with one attached hydrogen (secondary N) is 1. The molecule has 1 aliphatic carbocycles. The van der Waals surface area contributed by atoms with E-state index in [0.29, 0.717) is 29.1 Å². The van der Waals surface area contributed by atoms with Gasteiger partial charge in [-0.3, -0.25) is 4.68 Å². The molecule has 2 aromatic carbocycles. The first-order chi connectivity index (χ1) is 17.4. The van der Waals surface area contributed by atoms with E-state index in [1.807, 2.05) is 36.4 Å². The second kappa shape index (κ2) is 10.0. The maximum Gasteiger partial charge on any atom is 0.357 e. The molecule has 0 saturated heterocycles. The van der Waals surface area contributed by atoms with Gasteiger partial charge >= 0.3 is 5.97 Å². The fourth-order valence-corrected chi connectivity index (χ4v) is 5.18. The van der Waals surface area contributed by atoms with Gasteiger partial charge in [0.05, 0.1) is 11.4 Å². The van der Waals surface area contributed by atoms with Gasteiger partial charge in [0.15, 0.2) is 11.3 Å². The van der Waals surface area contributed by atoms with Crippen LogP contribution in [0.15, 0.2) is 53.1 Å². The number of hydrogen-bond acceptors (Lipinski definition) is 6. The van der Waals surface area contributed by atoms with E-state index in [9.17, 15) is 9.90 Å². The average molecular weight is 488 g/mol. The summed E-state index contributed by atoms with van der Waals surface area (Å²) in [5.74, 6) is -0.563. The number of para-hydroxylation sites is 2. The zero-order chi connectivity index (χ0) is 25.2. The Bertz CT molecular complexity index is 1330. The molecule has 0 bridgehead atoms. The summed E-state index contributed by atoms with van der Waals surface area (Å²) in [5, 5.41) is 17.3. The lowest BCUT2D eigenvalue weighted by atomic mass is 9.92. The van der Waals surface area contributed by atoms with Crippen molar-refractivity contribution in [3.8, 4) is 11.1 Å². The molecule has 0 radical (unpaired) electrons. The van der Waals surface area contributed by atoms with Crippen molar-refractivity contribution in [2.45, 2.75) is 52.0 Å². The lowest BCUT2D eigenvalue weighted by Crippen LogP contribution is -2.39. The highest BCUT2D eigenvalue weighted by Gasteiger charge is 2.26. The molecule has 2 aromatic heterocycles. The van der Waals surface area contributed by atoms with Gasteiger partial charge in [0.25, 0.3) is 6.01 Å². The molecule has 2 heterocycles. The predicted octanol–water partition coefficient (Wildman–Crippen LogP) is 6.47. The number of nitrogens with zero attached hydrogens (tertiary/aromatic N) is 4. The normalized spacial score (nSPS) is 14.4. The third-order valence-corrected chi connectivity index (χ3v) is 6.76. The number of oxazole rings is 1. The van der Waals surface area contributed by atoms with Crippen molar-refractivity contribution in [1.29, 1.82) is 0 Å². The highest BCUT2D eigenvalue weighted by atomic mass is 16.4. The van der Waals surface area contributed by atoms with Crippen molar-refractivity contribution in [1.82, 2.24) is 14.8 Å². The van der Waals surface area contributed by atoms with Crippen LogP contribution in [0.5, 0.6) is 0 Å². The van der Waals surface area contributed by atoms with Crippen molar-refractivity contribution >= 4 is 34.5 Å². The highest BCUT2D eigenvalue weighted by molar-refractivity contribution is 5.95. The maximum absolute atomic E-state index is 11.9. The maximum atomic E-state index is 11.9. The van der Waals surface area contributed by atoms with Gasteiger partial charge in [-0.05, 0) is 48.6 Å². The van der Waals surface area contributed by atoms with Gasteiger partial charge in [0.2, 0.25) is 0 Å². The average Bonchev–Trinajstić information content (AvgIpc) is 3.46. The largest absolute Gasteiger partial charge is 0.476 e.